The topological polar surface area (TPSA) is 75.6 Å². The molecular formula is C20H22N6. The summed E-state index contributed by atoms with van der Waals surface area (Å²) in [5.74, 6) is 2.23. The van der Waals surface area contributed by atoms with Gasteiger partial charge in [0, 0.05) is 48.5 Å². The number of anilines is 1. The SMILES string of the molecule is c1cncc(-c2cc(NCC3CCNCC3)nc(-c3ccncc3)n2)c1. The van der Waals surface area contributed by atoms with Crippen molar-refractivity contribution in [1.82, 2.24) is 25.3 Å². The summed E-state index contributed by atoms with van der Waals surface area (Å²) in [6.07, 6.45) is 9.52. The van der Waals surface area contributed by atoms with Gasteiger partial charge in [-0.05, 0) is 56.1 Å². The van der Waals surface area contributed by atoms with Gasteiger partial charge in [0.2, 0.25) is 0 Å². The lowest BCUT2D eigenvalue weighted by atomic mass is 9.98. The molecule has 2 N–H and O–H groups in total. The Balaban J connectivity index is 1.64. The largest absolute Gasteiger partial charge is 0.370 e. The predicted molar refractivity (Wildman–Crippen MR) is 103 cm³/mol. The molecular weight excluding hydrogens is 324 g/mol. The third-order valence-electron chi connectivity index (χ3n) is 4.65. The molecule has 4 rings (SSSR count). The molecule has 132 valence electrons. The zero-order valence-electron chi connectivity index (χ0n) is 14.6. The molecule has 6 heteroatoms. The van der Waals surface area contributed by atoms with Crippen LogP contribution in [0.25, 0.3) is 22.6 Å². The van der Waals surface area contributed by atoms with E-state index in [1.807, 2.05) is 36.5 Å². The van der Waals surface area contributed by atoms with Gasteiger partial charge in [0.15, 0.2) is 5.82 Å². The first-order valence-electron chi connectivity index (χ1n) is 9.03. The van der Waals surface area contributed by atoms with Crippen molar-refractivity contribution >= 4 is 5.82 Å². The van der Waals surface area contributed by atoms with Crippen molar-refractivity contribution in [3.8, 4) is 22.6 Å². The van der Waals surface area contributed by atoms with Crippen LogP contribution in [0.4, 0.5) is 5.82 Å². The maximum Gasteiger partial charge on any atom is 0.162 e. The highest BCUT2D eigenvalue weighted by Crippen LogP contribution is 2.24. The van der Waals surface area contributed by atoms with Crippen molar-refractivity contribution in [2.45, 2.75) is 12.8 Å². The molecule has 0 unspecified atom stereocenters. The Morgan fingerprint density at radius 1 is 0.962 bits per heavy atom. The van der Waals surface area contributed by atoms with Gasteiger partial charge in [-0.1, -0.05) is 0 Å². The maximum atomic E-state index is 4.74. The molecule has 26 heavy (non-hydrogen) atoms. The molecule has 1 fully saturated rings. The molecule has 0 amide bonds. The van der Waals surface area contributed by atoms with E-state index in [0.29, 0.717) is 11.7 Å². The van der Waals surface area contributed by atoms with Gasteiger partial charge < -0.3 is 10.6 Å². The zero-order chi connectivity index (χ0) is 17.6. The minimum Gasteiger partial charge on any atom is -0.370 e. The minimum absolute atomic E-state index is 0.678. The number of aromatic nitrogens is 4. The van der Waals surface area contributed by atoms with Gasteiger partial charge in [0.1, 0.15) is 5.82 Å². The van der Waals surface area contributed by atoms with Crippen LogP contribution in [0.15, 0.2) is 55.1 Å². The fraction of sp³-hybridized carbons (Fsp3) is 0.300. The number of rotatable bonds is 5. The van der Waals surface area contributed by atoms with Crippen molar-refractivity contribution in [3.63, 3.8) is 0 Å². The molecule has 0 radical (unpaired) electrons. The van der Waals surface area contributed by atoms with Crippen LogP contribution in [0.2, 0.25) is 0 Å². The van der Waals surface area contributed by atoms with Crippen LogP contribution in [-0.2, 0) is 0 Å². The van der Waals surface area contributed by atoms with Gasteiger partial charge in [0.05, 0.1) is 5.69 Å². The molecule has 3 aromatic heterocycles. The van der Waals surface area contributed by atoms with Gasteiger partial charge in [-0.15, -0.1) is 0 Å². The Bertz CT molecular complexity index is 774. The average molecular weight is 346 g/mol. The van der Waals surface area contributed by atoms with E-state index in [0.717, 1.165) is 42.3 Å². The van der Waals surface area contributed by atoms with Crippen LogP contribution >= 0.6 is 0 Å². The molecule has 1 aliphatic rings. The second-order valence-corrected chi connectivity index (χ2v) is 6.51. The van der Waals surface area contributed by atoms with Crippen molar-refractivity contribution in [2.24, 2.45) is 5.92 Å². The van der Waals surface area contributed by atoms with Crippen molar-refractivity contribution in [1.29, 1.82) is 0 Å². The summed E-state index contributed by atoms with van der Waals surface area (Å²) in [5, 5.41) is 6.93. The summed E-state index contributed by atoms with van der Waals surface area (Å²) in [6.45, 7) is 3.12. The monoisotopic (exact) mass is 346 g/mol. The highest BCUT2D eigenvalue weighted by Gasteiger charge is 2.14. The van der Waals surface area contributed by atoms with Crippen LogP contribution in [0.1, 0.15) is 12.8 Å². The Kier molecular flexibility index (Phi) is 5.12. The number of hydrogen-bond acceptors (Lipinski definition) is 6. The molecule has 1 saturated heterocycles. The Labute approximate surface area is 153 Å². The summed E-state index contributed by atoms with van der Waals surface area (Å²) in [5.41, 5.74) is 2.80. The fourth-order valence-electron chi connectivity index (χ4n) is 3.16. The van der Waals surface area contributed by atoms with Gasteiger partial charge in [-0.3, -0.25) is 9.97 Å². The van der Waals surface area contributed by atoms with E-state index in [9.17, 15) is 0 Å². The fourth-order valence-corrected chi connectivity index (χ4v) is 3.16. The molecule has 0 atom stereocenters. The molecule has 0 aliphatic carbocycles. The summed E-state index contributed by atoms with van der Waals surface area (Å²) >= 11 is 0. The summed E-state index contributed by atoms with van der Waals surface area (Å²) in [6, 6.07) is 9.80. The summed E-state index contributed by atoms with van der Waals surface area (Å²) in [7, 11) is 0. The molecule has 3 aromatic rings. The van der Waals surface area contributed by atoms with E-state index in [1.54, 1.807) is 18.6 Å². The van der Waals surface area contributed by atoms with Gasteiger partial charge >= 0.3 is 0 Å². The quantitative estimate of drug-likeness (QED) is 0.740. The molecule has 6 nitrogen and oxygen atoms in total. The first-order valence-corrected chi connectivity index (χ1v) is 9.03. The van der Waals surface area contributed by atoms with Crippen LogP contribution in [-0.4, -0.2) is 39.6 Å². The molecule has 0 aromatic carbocycles. The zero-order valence-corrected chi connectivity index (χ0v) is 14.6. The standard InChI is InChI=1S/C20H22N6/c1-2-17(14-23-7-1)18-12-19(24-13-15-3-8-21-9-4-15)26-20(25-18)16-5-10-22-11-6-16/h1-2,5-7,10-12,14-15,21H,3-4,8-9,13H2,(H,24,25,26). The third kappa shape index (κ3) is 4.03. The second-order valence-electron chi connectivity index (χ2n) is 6.51. The average Bonchev–Trinajstić information content (AvgIpc) is 2.74. The van der Waals surface area contributed by atoms with E-state index < -0.39 is 0 Å². The summed E-state index contributed by atoms with van der Waals surface area (Å²) < 4.78 is 0. The van der Waals surface area contributed by atoms with Crippen molar-refractivity contribution in [2.75, 3.05) is 25.0 Å². The van der Waals surface area contributed by atoms with Crippen molar-refractivity contribution in [3.05, 3.63) is 55.1 Å². The Morgan fingerprint density at radius 2 is 1.81 bits per heavy atom. The Hall–Kier alpha value is -2.86. The van der Waals surface area contributed by atoms with E-state index in [1.165, 1.54) is 12.8 Å². The lowest BCUT2D eigenvalue weighted by Crippen LogP contribution is -2.31. The van der Waals surface area contributed by atoms with Crippen LogP contribution < -0.4 is 10.6 Å². The number of nitrogens with one attached hydrogen (secondary N) is 2. The minimum atomic E-state index is 0.678. The first-order chi connectivity index (χ1) is 12.9. The molecule has 0 saturated carbocycles. The lowest BCUT2D eigenvalue weighted by Gasteiger charge is -2.23. The first kappa shape index (κ1) is 16.6. The number of hydrogen-bond donors (Lipinski definition) is 2. The molecule has 4 heterocycles. The molecule has 0 spiro atoms. The van der Waals surface area contributed by atoms with Crippen LogP contribution in [0.3, 0.4) is 0 Å². The number of nitrogens with zero attached hydrogens (tertiary/aromatic N) is 4. The lowest BCUT2D eigenvalue weighted by molar-refractivity contribution is 0.389. The number of piperidine rings is 1. The van der Waals surface area contributed by atoms with Crippen molar-refractivity contribution < 1.29 is 0 Å². The maximum absolute atomic E-state index is 4.74. The van der Waals surface area contributed by atoms with Gasteiger partial charge in [-0.2, -0.15) is 0 Å². The highest BCUT2D eigenvalue weighted by atomic mass is 15.0. The smallest absolute Gasteiger partial charge is 0.162 e. The highest BCUT2D eigenvalue weighted by molar-refractivity contribution is 5.66. The van der Waals surface area contributed by atoms with Gasteiger partial charge in [-0.25, -0.2) is 9.97 Å². The van der Waals surface area contributed by atoms with E-state index in [4.69, 9.17) is 9.97 Å². The number of pyridine rings is 2. The second kappa shape index (κ2) is 8.01. The normalized spacial score (nSPS) is 14.9. The van der Waals surface area contributed by atoms with Crippen LogP contribution in [0.5, 0.6) is 0 Å². The molecule has 1 aliphatic heterocycles. The van der Waals surface area contributed by atoms with Gasteiger partial charge in [0.25, 0.3) is 0 Å². The van der Waals surface area contributed by atoms with E-state index in [-0.39, 0.29) is 0 Å². The molecule has 0 bridgehead atoms. The Morgan fingerprint density at radius 3 is 2.58 bits per heavy atom. The van der Waals surface area contributed by atoms with E-state index in [2.05, 4.69) is 20.6 Å². The predicted octanol–water partition coefficient (Wildman–Crippen LogP) is 3.01. The third-order valence-corrected chi connectivity index (χ3v) is 4.65. The van der Waals surface area contributed by atoms with E-state index >= 15 is 0 Å². The van der Waals surface area contributed by atoms with Crippen LogP contribution in [0, 0.1) is 5.92 Å². The summed E-state index contributed by atoms with van der Waals surface area (Å²) in [4.78, 5) is 17.8.